The zero-order chi connectivity index (χ0) is 45.8. The molecule has 0 saturated heterocycles. The van der Waals surface area contributed by atoms with Gasteiger partial charge in [-0.2, -0.15) is 0 Å². The van der Waals surface area contributed by atoms with Crippen LogP contribution in [0.4, 0.5) is 0 Å². The Morgan fingerprint density at radius 3 is 1.18 bits per heavy atom. The number of hydrogen-bond acceptors (Lipinski definition) is 10. The third-order valence-corrected chi connectivity index (χ3v) is 11.0. The predicted octanol–water partition coefficient (Wildman–Crippen LogP) is 13.8. The minimum absolute atomic E-state index is 0.0832. The maximum atomic E-state index is 13.2. The van der Waals surface area contributed by atoms with Crippen molar-refractivity contribution in [1.82, 2.24) is 0 Å². The minimum Gasteiger partial charge on any atom is -0.494 e. The van der Waals surface area contributed by atoms with E-state index in [1.807, 2.05) is 0 Å². The highest BCUT2D eigenvalue weighted by atomic mass is 35.5. The Kier molecular flexibility index (Phi) is 18.4. The van der Waals surface area contributed by atoms with Gasteiger partial charge in [0.05, 0.1) is 40.5 Å². The average Bonchev–Trinajstić information content (AvgIpc) is 3.33. The second kappa shape index (κ2) is 25.0. The molecule has 0 heterocycles. The number of carbonyl (C=O) groups excluding carboxylic acids is 4. The summed E-state index contributed by atoms with van der Waals surface area (Å²) in [5.41, 5.74) is 1.03. The number of fused-ring (bicyclic) bond motifs is 1. The lowest BCUT2D eigenvalue weighted by molar-refractivity contribution is 0.0719. The quantitative estimate of drug-likeness (QED) is 0.0329. The molecule has 0 fully saturated rings. The van der Waals surface area contributed by atoms with Gasteiger partial charge in [0, 0.05) is 5.39 Å². The Morgan fingerprint density at radius 1 is 0.385 bits per heavy atom. The smallest absolute Gasteiger partial charge is 0.343 e. The van der Waals surface area contributed by atoms with Gasteiger partial charge in [0.15, 0.2) is 0 Å². The largest absolute Gasteiger partial charge is 0.494 e. The number of halogens is 1. The van der Waals surface area contributed by atoms with E-state index in [9.17, 15) is 19.2 Å². The van der Waals surface area contributed by atoms with Gasteiger partial charge in [-0.3, -0.25) is 0 Å². The van der Waals surface area contributed by atoms with Crippen LogP contribution < -0.4 is 28.4 Å². The summed E-state index contributed by atoms with van der Waals surface area (Å²) in [6, 6.07) is 33.8. The summed E-state index contributed by atoms with van der Waals surface area (Å²) < 4.78 is 33.9. The molecule has 6 aromatic rings. The molecule has 0 spiro atoms. The fourth-order valence-corrected chi connectivity index (χ4v) is 7.14. The molecule has 6 rings (SSSR count). The number of benzene rings is 6. The van der Waals surface area contributed by atoms with Crippen LogP contribution in [0.5, 0.6) is 34.5 Å². The maximum Gasteiger partial charge on any atom is 0.343 e. The van der Waals surface area contributed by atoms with Crippen molar-refractivity contribution < 1.29 is 47.6 Å². The van der Waals surface area contributed by atoms with Gasteiger partial charge >= 0.3 is 23.9 Å². The molecule has 0 atom stereocenters. The van der Waals surface area contributed by atoms with E-state index in [1.165, 1.54) is 99.9 Å². The third-order valence-electron chi connectivity index (χ3n) is 10.6. The van der Waals surface area contributed by atoms with E-state index in [4.69, 9.17) is 40.0 Å². The molecule has 0 N–H and O–H groups in total. The lowest BCUT2D eigenvalue weighted by Gasteiger charge is -2.11. The summed E-state index contributed by atoms with van der Waals surface area (Å²) in [5, 5.41) is 1.28. The molecule has 0 bridgehead atoms. The zero-order valence-corrected chi connectivity index (χ0v) is 37.7. The summed E-state index contributed by atoms with van der Waals surface area (Å²) in [7, 11) is 0. The summed E-state index contributed by atoms with van der Waals surface area (Å²) in [4.78, 5) is 52.0. The Hall–Kier alpha value is -6.65. The molecule has 0 aliphatic carbocycles. The van der Waals surface area contributed by atoms with E-state index in [-0.39, 0.29) is 39.0 Å². The van der Waals surface area contributed by atoms with Crippen molar-refractivity contribution in [2.24, 2.45) is 0 Å². The summed E-state index contributed by atoms with van der Waals surface area (Å²) in [6.45, 7) is 5.67. The normalized spacial score (nSPS) is 10.9. The van der Waals surface area contributed by atoms with Crippen LogP contribution in [0.2, 0.25) is 5.02 Å². The summed E-state index contributed by atoms with van der Waals surface area (Å²) >= 11 is 6.72. The highest BCUT2D eigenvalue weighted by Crippen LogP contribution is 2.34. The SMILES string of the molecule is CCCCCCCCOc1ccc(OC(=O)c2ccc(OC(=O)c3ccc4ccc(OC(=O)c5ccc(OC(=O)c6ccc(OCCCCCCCC)cc6)cc5)c(Cl)c4c3)cc2)cc1. The van der Waals surface area contributed by atoms with E-state index < -0.39 is 23.9 Å². The van der Waals surface area contributed by atoms with Gasteiger partial charge in [-0.15, -0.1) is 0 Å². The van der Waals surface area contributed by atoms with E-state index in [2.05, 4.69) is 13.8 Å². The first-order valence-corrected chi connectivity index (χ1v) is 22.9. The molecule has 0 aliphatic heterocycles. The topological polar surface area (TPSA) is 124 Å². The van der Waals surface area contributed by atoms with Gasteiger partial charge in [0.2, 0.25) is 0 Å². The van der Waals surface area contributed by atoms with Crippen LogP contribution in [0.3, 0.4) is 0 Å². The fourth-order valence-electron chi connectivity index (χ4n) is 6.88. The first-order chi connectivity index (χ1) is 31.7. The van der Waals surface area contributed by atoms with Crippen LogP contribution in [0.1, 0.15) is 132 Å². The molecule has 0 radical (unpaired) electrons. The standard InChI is InChI=1S/C54H55ClO10/c1-3-5-7-9-11-13-35-60-43-24-17-39(18-25-43)51(56)62-45-28-21-41(22-29-45)53(58)65-49-34-23-38-15-16-42(37-48(38)50(49)55)54(59)64-46-26-19-40(20-27-46)52(57)63-47-32-30-44(31-33-47)61-36-14-12-10-8-6-4-2/h15-34,37H,3-14,35-36H2,1-2H3. The van der Waals surface area contributed by atoms with Crippen LogP contribution >= 0.6 is 11.6 Å². The summed E-state index contributed by atoms with van der Waals surface area (Å²) in [5.74, 6) is -0.140. The van der Waals surface area contributed by atoms with Gasteiger partial charge in [0.25, 0.3) is 0 Å². The third kappa shape index (κ3) is 14.7. The number of carbonyl (C=O) groups is 4. The van der Waals surface area contributed by atoms with Crippen molar-refractivity contribution in [3.8, 4) is 34.5 Å². The van der Waals surface area contributed by atoms with Gasteiger partial charge in [-0.05, 0) is 133 Å². The molecule has 338 valence electrons. The summed E-state index contributed by atoms with van der Waals surface area (Å²) in [6.07, 6.45) is 14.2. The zero-order valence-electron chi connectivity index (χ0n) is 37.0. The minimum atomic E-state index is -0.690. The molecule has 11 heteroatoms. The highest BCUT2D eigenvalue weighted by Gasteiger charge is 2.18. The molecular formula is C54H55ClO10. The molecule has 10 nitrogen and oxygen atoms in total. The lowest BCUT2D eigenvalue weighted by Crippen LogP contribution is -2.11. The van der Waals surface area contributed by atoms with Gasteiger partial charge in [-0.25, -0.2) is 19.2 Å². The van der Waals surface area contributed by atoms with Gasteiger partial charge in [-0.1, -0.05) is 102 Å². The van der Waals surface area contributed by atoms with Crippen LogP contribution in [0.25, 0.3) is 10.8 Å². The van der Waals surface area contributed by atoms with Crippen molar-refractivity contribution in [3.63, 3.8) is 0 Å². The highest BCUT2D eigenvalue weighted by molar-refractivity contribution is 6.37. The second-order valence-electron chi connectivity index (χ2n) is 15.6. The first kappa shape index (κ1) is 47.8. The van der Waals surface area contributed by atoms with Gasteiger partial charge < -0.3 is 28.4 Å². The Balaban J connectivity index is 0.969. The van der Waals surface area contributed by atoms with E-state index in [0.29, 0.717) is 46.8 Å². The van der Waals surface area contributed by atoms with E-state index >= 15 is 0 Å². The lowest BCUT2D eigenvalue weighted by atomic mass is 10.1. The van der Waals surface area contributed by atoms with Crippen molar-refractivity contribution in [1.29, 1.82) is 0 Å². The Bertz CT molecular complexity index is 2480. The molecule has 65 heavy (non-hydrogen) atoms. The molecule has 0 saturated carbocycles. The Labute approximate surface area is 385 Å². The number of hydrogen-bond donors (Lipinski definition) is 0. The van der Waals surface area contributed by atoms with E-state index in [1.54, 1.807) is 78.9 Å². The van der Waals surface area contributed by atoms with Crippen LogP contribution in [-0.2, 0) is 0 Å². The van der Waals surface area contributed by atoms with Crippen molar-refractivity contribution in [3.05, 3.63) is 155 Å². The average molecular weight is 899 g/mol. The molecule has 6 aromatic carbocycles. The van der Waals surface area contributed by atoms with Crippen molar-refractivity contribution in [2.45, 2.75) is 90.9 Å². The first-order valence-electron chi connectivity index (χ1n) is 22.5. The van der Waals surface area contributed by atoms with Crippen molar-refractivity contribution in [2.75, 3.05) is 13.2 Å². The van der Waals surface area contributed by atoms with E-state index in [0.717, 1.165) is 25.7 Å². The fraction of sp³-hybridized carbons (Fsp3) is 0.296. The van der Waals surface area contributed by atoms with Crippen LogP contribution in [-0.4, -0.2) is 37.1 Å². The molecule has 0 unspecified atom stereocenters. The van der Waals surface area contributed by atoms with Crippen LogP contribution in [0.15, 0.2) is 127 Å². The number of rotatable bonds is 24. The molecule has 0 aliphatic rings. The van der Waals surface area contributed by atoms with Crippen LogP contribution in [0, 0.1) is 0 Å². The molecule has 0 amide bonds. The maximum absolute atomic E-state index is 13.2. The number of ether oxygens (including phenoxy) is 6. The number of unbranched alkanes of at least 4 members (excludes halogenated alkanes) is 10. The van der Waals surface area contributed by atoms with Gasteiger partial charge in [0.1, 0.15) is 34.5 Å². The number of esters is 4. The molecular weight excluding hydrogens is 844 g/mol. The van der Waals surface area contributed by atoms with Crippen molar-refractivity contribution >= 4 is 46.3 Å². The monoisotopic (exact) mass is 898 g/mol. The molecule has 0 aromatic heterocycles. The Morgan fingerprint density at radius 2 is 0.723 bits per heavy atom. The second-order valence-corrected chi connectivity index (χ2v) is 16.0. The predicted molar refractivity (Wildman–Crippen MR) is 252 cm³/mol.